The van der Waals surface area contributed by atoms with E-state index in [0.29, 0.717) is 17.2 Å². The molecule has 1 aromatic heterocycles. The Labute approximate surface area is 191 Å². The number of carbonyl (C=O) groups excluding carboxylic acids is 2. The number of esters is 1. The summed E-state index contributed by atoms with van der Waals surface area (Å²) in [5.41, 5.74) is 0.651. The van der Waals surface area contributed by atoms with E-state index in [1.807, 2.05) is 0 Å². The van der Waals surface area contributed by atoms with Crippen LogP contribution < -0.4 is 14.8 Å². The molecule has 34 heavy (non-hydrogen) atoms. The molecule has 8 nitrogen and oxygen atoms in total. The number of para-hydroxylation sites is 2. The molecular formula is C23H20F3N3O5. The molecule has 1 amide bonds. The molecule has 178 valence electrons. The van der Waals surface area contributed by atoms with Crippen LogP contribution in [0, 0.1) is 0 Å². The molecule has 0 atom stereocenters. The van der Waals surface area contributed by atoms with Crippen LogP contribution in [0.3, 0.4) is 0 Å². The summed E-state index contributed by atoms with van der Waals surface area (Å²) in [6, 6.07) is 10.9. The maximum absolute atomic E-state index is 13.4. The third-order valence-corrected chi connectivity index (χ3v) is 5.74. The standard InChI is InChI=1S/C23H20F3N3O5/c24-23(25,26)21-28-15-5-1-2-6-16(15)29(21)12-20(31)32-13-19(30)27-14-7-8-17-18(11-14)34-22(33-17)9-3-4-10-22/h1-2,5-8,11H,3-4,9-10,12-13H2,(H,27,30). The average molecular weight is 475 g/mol. The van der Waals surface area contributed by atoms with Crippen molar-refractivity contribution in [3.8, 4) is 11.5 Å². The molecule has 2 heterocycles. The normalized spacial score (nSPS) is 16.2. The fourth-order valence-electron chi connectivity index (χ4n) is 4.26. The molecule has 1 aliphatic carbocycles. The molecule has 0 unspecified atom stereocenters. The van der Waals surface area contributed by atoms with Crippen molar-refractivity contribution in [2.45, 2.75) is 44.2 Å². The summed E-state index contributed by atoms with van der Waals surface area (Å²) in [7, 11) is 0. The molecule has 11 heteroatoms. The molecule has 3 aromatic rings. The Hall–Kier alpha value is -3.76. The summed E-state index contributed by atoms with van der Waals surface area (Å²) >= 11 is 0. The van der Waals surface area contributed by atoms with Gasteiger partial charge in [0.25, 0.3) is 11.7 Å². The minimum absolute atomic E-state index is 0.0996. The van der Waals surface area contributed by atoms with Crippen molar-refractivity contribution in [1.82, 2.24) is 9.55 Å². The van der Waals surface area contributed by atoms with Crippen LogP contribution in [-0.2, 0) is 27.0 Å². The summed E-state index contributed by atoms with van der Waals surface area (Å²) in [5, 5.41) is 2.58. The quantitative estimate of drug-likeness (QED) is 0.554. The second kappa shape index (κ2) is 8.23. The number of benzene rings is 2. The number of nitrogens with zero attached hydrogens (tertiary/aromatic N) is 2. The molecule has 2 aliphatic rings. The van der Waals surface area contributed by atoms with Crippen LogP contribution in [0.5, 0.6) is 11.5 Å². The molecule has 1 spiro atoms. The van der Waals surface area contributed by atoms with Crippen LogP contribution >= 0.6 is 0 Å². The van der Waals surface area contributed by atoms with Gasteiger partial charge in [-0.2, -0.15) is 13.2 Å². The van der Waals surface area contributed by atoms with Crippen LogP contribution in [0.2, 0.25) is 0 Å². The molecular weight excluding hydrogens is 455 g/mol. The van der Waals surface area contributed by atoms with Crippen molar-refractivity contribution in [1.29, 1.82) is 0 Å². The number of alkyl halides is 3. The number of anilines is 1. The molecule has 0 bridgehead atoms. The fraction of sp³-hybridized carbons (Fsp3) is 0.348. The minimum atomic E-state index is -4.76. The van der Waals surface area contributed by atoms with E-state index in [9.17, 15) is 22.8 Å². The Balaban J connectivity index is 1.20. The van der Waals surface area contributed by atoms with E-state index in [1.165, 1.54) is 12.1 Å². The van der Waals surface area contributed by atoms with E-state index < -0.39 is 42.8 Å². The average Bonchev–Trinajstić information content (AvgIpc) is 3.49. The number of ether oxygens (including phenoxy) is 3. The summed E-state index contributed by atoms with van der Waals surface area (Å²) < 4.78 is 57.6. The van der Waals surface area contributed by atoms with Crippen LogP contribution in [0.1, 0.15) is 31.5 Å². The van der Waals surface area contributed by atoms with Crippen LogP contribution in [0.4, 0.5) is 18.9 Å². The first-order chi connectivity index (χ1) is 16.2. The highest BCUT2D eigenvalue weighted by Crippen LogP contribution is 2.47. The molecule has 5 rings (SSSR count). The molecule has 1 N–H and O–H groups in total. The number of halogens is 3. The summed E-state index contributed by atoms with van der Waals surface area (Å²) in [6.45, 7) is -1.40. The van der Waals surface area contributed by atoms with E-state index in [-0.39, 0.29) is 11.0 Å². The smallest absolute Gasteiger partial charge is 0.449 e. The van der Waals surface area contributed by atoms with Gasteiger partial charge in [0, 0.05) is 24.6 Å². The Kier molecular flexibility index (Phi) is 5.34. The Morgan fingerprint density at radius 3 is 2.59 bits per heavy atom. The van der Waals surface area contributed by atoms with Gasteiger partial charge in [-0.3, -0.25) is 9.59 Å². The zero-order valence-corrected chi connectivity index (χ0v) is 17.9. The fourth-order valence-corrected chi connectivity index (χ4v) is 4.26. The summed E-state index contributed by atoms with van der Waals surface area (Å²) in [5.74, 6) is -2.38. The first-order valence-corrected chi connectivity index (χ1v) is 10.7. The van der Waals surface area contributed by atoms with Crippen molar-refractivity contribution in [3.05, 3.63) is 48.3 Å². The highest BCUT2D eigenvalue weighted by molar-refractivity contribution is 5.93. The second-order valence-corrected chi connectivity index (χ2v) is 8.20. The first kappa shape index (κ1) is 22.1. The van der Waals surface area contributed by atoms with Gasteiger partial charge in [0.2, 0.25) is 5.82 Å². The van der Waals surface area contributed by atoms with Crippen molar-refractivity contribution >= 4 is 28.6 Å². The number of nitrogens with one attached hydrogen (secondary N) is 1. The summed E-state index contributed by atoms with van der Waals surface area (Å²) in [6.07, 6.45) is -1.14. The van der Waals surface area contributed by atoms with Crippen LogP contribution in [0.25, 0.3) is 11.0 Å². The zero-order chi connectivity index (χ0) is 23.9. The number of hydrogen-bond acceptors (Lipinski definition) is 6. The zero-order valence-electron chi connectivity index (χ0n) is 17.9. The number of carbonyl (C=O) groups is 2. The maximum Gasteiger partial charge on any atom is 0.449 e. The minimum Gasteiger partial charge on any atom is -0.454 e. The van der Waals surface area contributed by atoms with Crippen LogP contribution in [-0.4, -0.2) is 33.8 Å². The van der Waals surface area contributed by atoms with Gasteiger partial charge in [-0.15, -0.1) is 0 Å². The van der Waals surface area contributed by atoms with Gasteiger partial charge in [-0.05, 0) is 37.1 Å². The molecule has 1 saturated carbocycles. The molecule has 1 aliphatic heterocycles. The van der Waals surface area contributed by atoms with Crippen molar-refractivity contribution in [2.24, 2.45) is 0 Å². The molecule has 0 saturated heterocycles. The maximum atomic E-state index is 13.4. The van der Waals surface area contributed by atoms with Crippen molar-refractivity contribution < 1.29 is 37.0 Å². The predicted octanol–water partition coefficient (Wildman–Crippen LogP) is 4.28. The van der Waals surface area contributed by atoms with Gasteiger partial charge >= 0.3 is 12.1 Å². The van der Waals surface area contributed by atoms with Crippen molar-refractivity contribution in [3.63, 3.8) is 0 Å². The largest absolute Gasteiger partial charge is 0.454 e. The van der Waals surface area contributed by atoms with Crippen LogP contribution in [0.15, 0.2) is 42.5 Å². The summed E-state index contributed by atoms with van der Waals surface area (Å²) in [4.78, 5) is 28.1. The lowest BCUT2D eigenvalue weighted by molar-refractivity contribution is -0.152. The lowest BCUT2D eigenvalue weighted by Gasteiger charge is -2.21. The van der Waals surface area contributed by atoms with E-state index in [2.05, 4.69) is 10.3 Å². The predicted molar refractivity (Wildman–Crippen MR) is 113 cm³/mol. The van der Waals surface area contributed by atoms with Gasteiger partial charge in [-0.1, -0.05) is 12.1 Å². The first-order valence-electron chi connectivity index (χ1n) is 10.7. The van der Waals surface area contributed by atoms with E-state index in [4.69, 9.17) is 14.2 Å². The van der Waals surface area contributed by atoms with Gasteiger partial charge in [0.15, 0.2) is 18.1 Å². The van der Waals surface area contributed by atoms with E-state index in [0.717, 1.165) is 30.3 Å². The van der Waals surface area contributed by atoms with Gasteiger partial charge in [0.05, 0.1) is 11.0 Å². The Bertz CT molecular complexity index is 1260. The molecule has 0 radical (unpaired) electrons. The number of hydrogen-bond donors (Lipinski definition) is 1. The Morgan fingerprint density at radius 2 is 1.82 bits per heavy atom. The molecule has 2 aromatic carbocycles. The highest BCUT2D eigenvalue weighted by atomic mass is 19.4. The number of fused-ring (bicyclic) bond motifs is 2. The number of amides is 1. The van der Waals surface area contributed by atoms with Crippen molar-refractivity contribution in [2.75, 3.05) is 11.9 Å². The van der Waals surface area contributed by atoms with Gasteiger partial charge < -0.3 is 24.1 Å². The third-order valence-electron chi connectivity index (χ3n) is 5.74. The van der Waals surface area contributed by atoms with Gasteiger partial charge in [0.1, 0.15) is 6.54 Å². The number of imidazole rings is 1. The Morgan fingerprint density at radius 1 is 1.09 bits per heavy atom. The SMILES string of the molecule is O=C(COC(=O)Cn1c(C(F)(F)F)nc2ccccc21)Nc1ccc2c(c1)OC1(CCCC1)O2. The monoisotopic (exact) mass is 475 g/mol. The molecule has 1 fully saturated rings. The van der Waals surface area contributed by atoms with E-state index in [1.54, 1.807) is 30.3 Å². The van der Waals surface area contributed by atoms with E-state index >= 15 is 0 Å². The van der Waals surface area contributed by atoms with Gasteiger partial charge in [-0.25, -0.2) is 4.98 Å². The third kappa shape index (κ3) is 4.25. The lowest BCUT2D eigenvalue weighted by atomic mass is 10.2. The number of rotatable bonds is 5. The topological polar surface area (TPSA) is 91.7 Å². The lowest BCUT2D eigenvalue weighted by Crippen LogP contribution is -2.34. The highest BCUT2D eigenvalue weighted by Gasteiger charge is 2.44. The second-order valence-electron chi connectivity index (χ2n) is 8.20. The number of aromatic nitrogens is 2.